The summed E-state index contributed by atoms with van der Waals surface area (Å²) in [5.74, 6) is 0.707. The van der Waals surface area contributed by atoms with Crippen LogP contribution in [-0.4, -0.2) is 52.0 Å². The Morgan fingerprint density at radius 2 is 2.10 bits per heavy atom. The highest BCUT2D eigenvalue weighted by molar-refractivity contribution is 9.09. The second-order valence-electron chi connectivity index (χ2n) is 7.52. The highest BCUT2D eigenvalue weighted by atomic mass is 79.9. The van der Waals surface area contributed by atoms with Gasteiger partial charge in [-0.15, -0.1) is 24.9 Å². The lowest BCUT2D eigenvalue weighted by Gasteiger charge is -2.33. The van der Waals surface area contributed by atoms with Crippen molar-refractivity contribution in [2.24, 2.45) is 0 Å². The molecule has 0 spiro atoms. The molecule has 1 saturated carbocycles. The summed E-state index contributed by atoms with van der Waals surface area (Å²) in [7, 11) is 2.22. The molecular weight excluding hydrogens is 517 g/mol. The molecule has 1 aliphatic carbocycles. The van der Waals surface area contributed by atoms with Gasteiger partial charge in [-0.05, 0) is 24.5 Å². The second kappa shape index (κ2) is 8.46. The summed E-state index contributed by atoms with van der Waals surface area (Å²) in [5.41, 5.74) is 1.62. The van der Waals surface area contributed by atoms with Gasteiger partial charge in [-0.1, -0.05) is 27.5 Å². The fourth-order valence-electron chi connectivity index (χ4n) is 3.90. The Morgan fingerprint density at radius 3 is 2.68 bits per heavy atom. The summed E-state index contributed by atoms with van der Waals surface area (Å²) in [6.45, 7) is 0.911. The second-order valence-corrected chi connectivity index (χ2v) is 9.51. The zero-order chi connectivity index (χ0) is 22.4. The summed E-state index contributed by atoms with van der Waals surface area (Å²) in [6.07, 6.45) is 3.07. The van der Waals surface area contributed by atoms with Crippen LogP contribution in [0.4, 0.5) is 19.0 Å². The number of benzene rings is 1. The zero-order valence-corrected chi connectivity index (χ0v) is 19.9. The number of alkyl halides is 4. The summed E-state index contributed by atoms with van der Waals surface area (Å²) in [4.78, 5) is 9.31. The molecule has 3 aromatic rings. The molecule has 0 saturated heterocycles. The number of thioether (sulfide) groups is 1. The van der Waals surface area contributed by atoms with E-state index in [2.05, 4.69) is 32.7 Å². The average molecular weight is 537 g/mol. The number of fused-ring (bicyclic) bond motifs is 1. The van der Waals surface area contributed by atoms with Crippen molar-refractivity contribution in [1.82, 2.24) is 18.9 Å². The first kappa shape index (κ1) is 22.7. The summed E-state index contributed by atoms with van der Waals surface area (Å²) < 4.78 is 44.4. The van der Waals surface area contributed by atoms with E-state index in [1.165, 1.54) is 12.1 Å². The quantitative estimate of drug-likeness (QED) is 0.206. The van der Waals surface area contributed by atoms with Crippen molar-refractivity contribution in [3.63, 3.8) is 0 Å². The first-order chi connectivity index (χ1) is 14.7. The molecule has 1 unspecified atom stereocenters. The summed E-state index contributed by atoms with van der Waals surface area (Å²) in [6, 6.07) is 4.38. The zero-order valence-electron chi connectivity index (χ0n) is 16.8. The highest BCUT2D eigenvalue weighted by Gasteiger charge is 2.46. The molecule has 1 aromatic carbocycles. The lowest BCUT2D eigenvalue weighted by Crippen LogP contribution is -2.49. The Bertz CT molecular complexity index is 1120. The van der Waals surface area contributed by atoms with Crippen molar-refractivity contribution in [1.29, 1.82) is 0 Å². The smallest absolute Gasteiger partial charge is 0.406 e. The average Bonchev–Trinajstić information content (AvgIpc) is 3.47. The predicted molar refractivity (Wildman–Crippen MR) is 121 cm³/mol. The minimum Gasteiger partial charge on any atom is -0.406 e. The SMILES string of the molecule is CSc1nc2c(-c3ccc(OC(F)(F)F)cc3Cl)nccn2c1[N+](C)(CCBr)C1CC1. The molecule has 0 bridgehead atoms. The van der Waals surface area contributed by atoms with Crippen molar-refractivity contribution >= 4 is 50.8 Å². The molecule has 31 heavy (non-hydrogen) atoms. The molecule has 1 atom stereocenters. The van der Waals surface area contributed by atoms with Crippen LogP contribution in [0, 0.1) is 0 Å². The van der Waals surface area contributed by atoms with E-state index >= 15 is 0 Å². The van der Waals surface area contributed by atoms with Crippen molar-refractivity contribution < 1.29 is 17.9 Å². The molecule has 2 aromatic heterocycles. The van der Waals surface area contributed by atoms with Gasteiger partial charge in [0.2, 0.25) is 5.82 Å². The monoisotopic (exact) mass is 535 g/mol. The van der Waals surface area contributed by atoms with Gasteiger partial charge in [0.15, 0.2) is 10.7 Å². The fourth-order valence-corrected chi connectivity index (χ4v) is 5.57. The van der Waals surface area contributed by atoms with Gasteiger partial charge in [0.1, 0.15) is 11.4 Å². The lowest BCUT2D eigenvalue weighted by molar-refractivity contribution is -0.274. The maximum absolute atomic E-state index is 12.5. The van der Waals surface area contributed by atoms with Crippen LogP contribution in [0.3, 0.4) is 0 Å². The number of aromatic nitrogens is 3. The third kappa shape index (κ3) is 4.40. The molecule has 0 aliphatic heterocycles. The first-order valence-electron chi connectivity index (χ1n) is 9.56. The lowest BCUT2D eigenvalue weighted by atomic mass is 10.1. The minimum atomic E-state index is -4.78. The minimum absolute atomic E-state index is 0.109. The van der Waals surface area contributed by atoms with Gasteiger partial charge >= 0.3 is 6.36 Å². The Morgan fingerprint density at radius 1 is 1.35 bits per heavy atom. The Balaban J connectivity index is 1.86. The van der Waals surface area contributed by atoms with Gasteiger partial charge in [0.05, 0.1) is 30.0 Å². The van der Waals surface area contributed by atoms with Gasteiger partial charge in [-0.3, -0.25) is 13.9 Å². The van der Waals surface area contributed by atoms with E-state index in [1.54, 1.807) is 18.0 Å². The van der Waals surface area contributed by atoms with E-state index in [4.69, 9.17) is 16.6 Å². The molecule has 4 rings (SSSR count). The van der Waals surface area contributed by atoms with Gasteiger partial charge in [0, 0.05) is 30.8 Å². The molecule has 5 nitrogen and oxygen atoms in total. The van der Waals surface area contributed by atoms with Crippen LogP contribution in [0.2, 0.25) is 5.02 Å². The standard InChI is InChI=1S/C20H20BrClF3N4OS/c1-29(10-7-21,12-3-4-12)19-18(31-2)27-17-16(26-8-9-28(17)19)14-6-5-13(11-15(14)22)30-20(23,24)25/h5-6,8-9,11-12H,3-4,7,10H2,1-2H3/q+1. The number of ether oxygens (including phenoxy) is 1. The Labute approximate surface area is 195 Å². The maximum atomic E-state index is 12.5. The predicted octanol–water partition coefficient (Wildman–Crippen LogP) is 6.16. The molecule has 166 valence electrons. The molecule has 1 aliphatic rings. The van der Waals surface area contributed by atoms with E-state index in [0.29, 0.717) is 22.9 Å². The van der Waals surface area contributed by atoms with Crippen LogP contribution in [-0.2, 0) is 0 Å². The molecule has 1 fully saturated rings. The van der Waals surface area contributed by atoms with Gasteiger partial charge < -0.3 is 4.74 Å². The third-order valence-corrected chi connectivity index (χ3v) is 6.82. The number of halogens is 5. The fraction of sp³-hybridized carbons (Fsp3) is 0.400. The number of quaternary nitrogens is 1. The number of imidazole rings is 1. The van der Waals surface area contributed by atoms with Crippen LogP contribution in [0.5, 0.6) is 5.75 Å². The van der Waals surface area contributed by atoms with Crippen LogP contribution in [0.25, 0.3) is 16.9 Å². The van der Waals surface area contributed by atoms with E-state index in [-0.39, 0.29) is 10.8 Å². The van der Waals surface area contributed by atoms with E-state index in [9.17, 15) is 13.2 Å². The van der Waals surface area contributed by atoms with Crippen LogP contribution < -0.4 is 9.22 Å². The van der Waals surface area contributed by atoms with Crippen molar-refractivity contribution in [3.8, 4) is 17.0 Å². The molecule has 0 N–H and O–H groups in total. The van der Waals surface area contributed by atoms with Crippen LogP contribution in [0.1, 0.15) is 12.8 Å². The summed E-state index contributed by atoms with van der Waals surface area (Å²) >= 11 is 11.5. The first-order valence-corrected chi connectivity index (χ1v) is 12.3. The molecular formula is C20H20BrClF3N4OS+. The Kier molecular flexibility index (Phi) is 6.19. The van der Waals surface area contributed by atoms with Crippen LogP contribution in [0.15, 0.2) is 35.6 Å². The molecule has 2 heterocycles. The third-order valence-electron chi connectivity index (χ3n) is 5.49. The van der Waals surface area contributed by atoms with Crippen molar-refractivity contribution in [2.75, 3.05) is 25.2 Å². The van der Waals surface area contributed by atoms with E-state index in [0.717, 1.165) is 46.1 Å². The highest BCUT2D eigenvalue weighted by Crippen LogP contribution is 2.43. The van der Waals surface area contributed by atoms with E-state index < -0.39 is 6.36 Å². The largest absolute Gasteiger partial charge is 0.573 e. The molecule has 11 heteroatoms. The van der Waals surface area contributed by atoms with Gasteiger partial charge in [0.25, 0.3) is 0 Å². The number of hydrogen-bond acceptors (Lipinski definition) is 4. The summed E-state index contributed by atoms with van der Waals surface area (Å²) in [5, 5.41) is 1.86. The molecule has 0 radical (unpaired) electrons. The number of nitrogens with zero attached hydrogens (tertiary/aromatic N) is 4. The number of hydrogen-bond donors (Lipinski definition) is 0. The van der Waals surface area contributed by atoms with Gasteiger partial charge in [-0.25, -0.2) is 4.98 Å². The number of rotatable bonds is 7. The maximum Gasteiger partial charge on any atom is 0.573 e. The molecule has 0 amide bonds. The Hall–Kier alpha value is -1.49. The van der Waals surface area contributed by atoms with Crippen molar-refractivity contribution in [2.45, 2.75) is 30.3 Å². The van der Waals surface area contributed by atoms with Crippen molar-refractivity contribution in [3.05, 3.63) is 35.6 Å². The normalized spacial score (nSPS) is 16.5. The van der Waals surface area contributed by atoms with E-state index in [1.807, 2.05) is 16.9 Å². The topological polar surface area (TPSA) is 39.4 Å². The van der Waals surface area contributed by atoms with Gasteiger partial charge in [-0.2, -0.15) is 0 Å². The van der Waals surface area contributed by atoms with Crippen LogP contribution >= 0.6 is 39.3 Å².